The van der Waals surface area contributed by atoms with Crippen molar-refractivity contribution in [2.24, 2.45) is 0 Å². The number of hydrogen-bond donors (Lipinski definition) is 0. The van der Waals surface area contributed by atoms with Crippen molar-refractivity contribution in [3.8, 4) is 44.5 Å². The zero-order valence-electron chi connectivity index (χ0n) is 49.1. The zero-order valence-corrected chi connectivity index (χ0v) is 49.1. The quantitative estimate of drug-likeness (QED) is 0.140. The van der Waals surface area contributed by atoms with Gasteiger partial charge in [-0.15, -0.1) is 0 Å². The summed E-state index contributed by atoms with van der Waals surface area (Å²) in [6, 6.07) is 95.1. The molecule has 0 unspecified atom stereocenters. The monoisotopic (exact) mass is 1100 g/mol. The molecule has 2 nitrogen and oxygen atoms in total. The van der Waals surface area contributed by atoms with Crippen molar-refractivity contribution < 1.29 is 0 Å². The molecule has 0 aromatic heterocycles. The van der Waals surface area contributed by atoms with Crippen LogP contribution in [0.4, 0.5) is 28.4 Å². The number of benzene rings is 13. The summed E-state index contributed by atoms with van der Waals surface area (Å²) >= 11 is 0. The van der Waals surface area contributed by atoms with Crippen LogP contribution in [0.25, 0.3) is 99.4 Å². The molecule has 86 heavy (non-hydrogen) atoms. The van der Waals surface area contributed by atoms with Gasteiger partial charge in [-0.25, -0.2) is 0 Å². The van der Waals surface area contributed by atoms with Gasteiger partial charge in [-0.1, -0.05) is 240 Å². The van der Waals surface area contributed by atoms with Gasteiger partial charge in [0.25, 0.3) is 0 Å². The van der Waals surface area contributed by atoms with Gasteiger partial charge < -0.3 is 9.80 Å². The second-order valence-corrected chi connectivity index (χ2v) is 25.3. The van der Waals surface area contributed by atoms with E-state index >= 15 is 0 Å². The zero-order chi connectivity index (χ0) is 57.4. The predicted molar refractivity (Wildman–Crippen MR) is 366 cm³/mol. The largest absolute Gasteiger partial charge is 0.310 e. The van der Waals surface area contributed by atoms with Gasteiger partial charge in [-0.3, -0.25) is 0 Å². The van der Waals surface area contributed by atoms with Crippen LogP contribution in [-0.4, -0.2) is 0 Å². The molecule has 0 amide bonds. The number of fused-ring (bicyclic) bond motifs is 12. The SMILES string of the molecule is CC1(C)c2ccccc2-c2ccc(-c3c4ccc(N(c5cccc6c5CCC=C6)c5cccc6ccccc56)cc4c(-c4ccc5c(c4)C(C)(C)c4ccccc4-5)c4ccc(N(C5=CCCc6ccccc65)c5cccc6ccccc56)cc34)cc21. The lowest BCUT2D eigenvalue weighted by atomic mass is 9.79. The fourth-order valence-electron chi connectivity index (χ4n) is 15.8. The van der Waals surface area contributed by atoms with Crippen LogP contribution in [-0.2, 0) is 23.7 Å². The minimum Gasteiger partial charge on any atom is -0.310 e. The van der Waals surface area contributed by atoms with Crippen molar-refractivity contribution in [3.05, 3.63) is 305 Å². The molecular formula is C84H64N2. The Morgan fingerprint density at radius 1 is 0.337 bits per heavy atom. The number of hydrogen-bond acceptors (Lipinski definition) is 2. The molecule has 17 rings (SSSR count). The average Bonchev–Trinajstić information content (AvgIpc) is 1.50. The van der Waals surface area contributed by atoms with Crippen molar-refractivity contribution in [1.82, 2.24) is 0 Å². The summed E-state index contributed by atoms with van der Waals surface area (Å²) in [6.07, 6.45) is 11.1. The normalized spacial score (nSPS) is 14.8. The lowest BCUT2D eigenvalue weighted by Gasteiger charge is -2.33. The van der Waals surface area contributed by atoms with Crippen LogP contribution in [0.2, 0.25) is 0 Å². The Hall–Kier alpha value is -10.0. The maximum atomic E-state index is 2.58. The number of rotatable bonds is 8. The Labute approximate surface area is 504 Å². The van der Waals surface area contributed by atoms with E-state index in [0.29, 0.717) is 0 Å². The van der Waals surface area contributed by atoms with E-state index in [1.165, 1.54) is 155 Å². The fraction of sp³-hybridized carbons (Fsp3) is 0.119. The summed E-state index contributed by atoms with van der Waals surface area (Å²) in [5, 5.41) is 9.77. The number of nitrogens with zero attached hydrogens (tertiary/aromatic N) is 2. The highest BCUT2D eigenvalue weighted by atomic mass is 15.2. The van der Waals surface area contributed by atoms with E-state index in [9.17, 15) is 0 Å². The second-order valence-electron chi connectivity index (χ2n) is 25.3. The van der Waals surface area contributed by atoms with Gasteiger partial charge in [-0.05, 0) is 196 Å². The predicted octanol–water partition coefficient (Wildman–Crippen LogP) is 22.8. The van der Waals surface area contributed by atoms with Crippen LogP contribution >= 0.6 is 0 Å². The summed E-state index contributed by atoms with van der Waals surface area (Å²) in [4.78, 5) is 5.15. The molecular weight excluding hydrogens is 1040 g/mol. The van der Waals surface area contributed by atoms with Crippen LogP contribution in [0.1, 0.15) is 85.0 Å². The third-order valence-corrected chi connectivity index (χ3v) is 19.9. The van der Waals surface area contributed by atoms with Crippen LogP contribution in [0.5, 0.6) is 0 Å². The number of aryl methyl sites for hydroxylation is 1. The van der Waals surface area contributed by atoms with E-state index < -0.39 is 0 Å². The smallest absolute Gasteiger partial charge is 0.0540 e. The fourth-order valence-corrected chi connectivity index (χ4v) is 15.8. The first kappa shape index (κ1) is 50.5. The van der Waals surface area contributed by atoms with Gasteiger partial charge >= 0.3 is 0 Å². The van der Waals surface area contributed by atoms with E-state index in [1.807, 2.05) is 0 Å². The van der Waals surface area contributed by atoms with Crippen molar-refractivity contribution in [1.29, 1.82) is 0 Å². The van der Waals surface area contributed by atoms with E-state index in [-0.39, 0.29) is 10.8 Å². The number of anilines is 5. The Bertz CT molecular complexity index is 5070. The molecule has 0 aliphatic heterocycles. The third-order valence-electron chi connectivity index (χ3n) is 19.9. The van der Waals surface area contributed by atoms with Crippen LogP contribution < -0.4 is 9.80 Å². The number of allylic oxidation sites excluding steroid dienone is 2. The van der Waals surface area contributed by atoms with E-state index in [1.54, 1.807) is 0 Å². The Kier molecular flexibility index (Phi) is 11.3. The molecule has 4 aliphatic carbocycles. The highest BCUT2D eigenvalue weighted by Crippen LogP contribution is 2.56. The topological polar surface area (TPSA) is 6.48 Å². The van der Waals surface area contributed by atoms with Crippen molar-refractivity contribution in [2.75, 3.05) is 9.80 Å². The first-order chi connectivity index (χ1) is 42.2. The molecule has 0 bridgehead atoms. The maximum absolute atomic E-state index is 2.58. The minimum atomic E-state index is -0.199. The van der Waals surface area contributed by atoms with Crippen LogP contribution in [0.15, 0.2) is 261 Å². The third kappa shape index (κ3) is 7.58. The van der Waals surface area contributed by atoms with Gasteiger partial charge in [0, 0.05) is 49.9 Å². The molecule has 0 heterocycles. The Morgan fingerprint density at radius 3 is 1.44 bits per heavy atom. The first-order valence-corrected chi connectivity index (χ1v) is 30.8. The molecule has 0 spiro atoms. The van der Waals surface area contributed by atoms with Gasteiger partial charge in [0.05, 0.1) is 11.4 Å². The maximum Gasteiger partial charge on any atom is 0.0540 e. The summed E-state index contributed by atoms with van der Waals surface area (Å²) in [6.45, 7) is 9.65. The van der Waals surface area contributed by atoms with Gasteiger partial charge in [-0.2, -0.15) is 0 Å². The lowest BCUT2D eigenvalue weighted by molar-refractivity contribution is 0.660. The summed E-state index contributed by atoms with van der Waals surface area (Å²) in [5.41, 5.74) is 27.7. The molecule has 0 radical (unpaired) electrons. The van der Waals surface area contributed by atoms with Gasteiger partial charge in [0.15, 0.2) is 0 Å². The molecule has 13 aromatic rings. The molecule has 0 fully saturated rings. The minimum absolute atomic E-state index is 0.199. The van der Waals surface area contributed by atoms with Crippen LogP contribution in [0.3, 0.4) is 0 Å². The standard InChI is InChI=1S/C84H64N2/c1-83(2)73-35-15-13-33-65(73)67-45-41-57(49-75(67)83)81-69-47-43-60(86(79-39-19-27-55-23-7-11-31-63(55)79)80-40-20-28-56-24-8-12-32-64(56)80)52-72(69)82(58-42-46-68-66-34-14-16-36-74(66)84(3,4)76(68)50-58)70-48-44-59(51-71(70)81)85(77-37-17-25-53-21-5-9-29-61(53)77)78-38-18-26-54-22-6-10-30-62(54)78/h5-11,13-17,19-25,27-31,33-52H,12,18,26,32H2,1-4H3. The Balaban J connectivity index is 1.00. The summed E-state index contributed by atoms with van der Waals surface area (Å²) in [7, 11) is 0. The summed E-state index contributed by atoms with van der Waals surface area (Å²) in [5.74, 6) is 0. The molecule has 4 aliphatic rings. The van der Waals surface area contributed by atoms with E-state index in [0.717, 1.165) is 37.1 Å². The molecule has 2 heteroatoms. The highest BCUT2D eigenvalue weighted by Gasteiger charge is 2.38. The molecule has 0 N–H and O–H groups in total. The van der Waals surface area contributed by atoms with Gasteiger partial charge in [0.1, 0.15) is 0 Å². The highest BCUT2D eigenvalue weighted by molar-refractivity contribution is 6.23. The van der Waals surface area contributed by atoms with Crippen molar-refractivity contribution >= 4 is 83.3 Å². The van der Waals surface area contributed by atoms with Crippen molar-refractivity contribution in [2.45, 2.75) is 64.2 Å². The molecule has 0 saturated carbocycles. The van der Waals surface area contributed by atoms with E-state index in [2.05, 4.69) is 304 Å². The second kappa shape index (κ2) is 19.3. The summed E-state index contributed by atoms with van der Waals surface area (Å²) < 4.78 is 0. The Morgan fingerprint density at radius 2 is 0.826 bits per heavy atom. The average molecular weight is 1100 g/mol. The molecule has 0 atom stereocenters. The van der Waals surface area contributed by atoms with Crippen molar-refractivity contribution in [3.63, 3.8) is 0 Å². The van der Waals surface area contributed by atoms with Crippen LogP contribution in [0, 0.1) is 0 Å². The van der Waals surface area contributed by atoms with Gasteiger partial charge in [0.2, 0.25) is 0 Å². The van der Waals surface area contributed by atoms with E-state index in [4.69, 9.17) is 0 Å². The molecule has 0 saturated heterocycles. The first-order valence-electron chi connectivity index (χ1n) is 30.8. The lowest BCUT2D eigenvalue weighted by Crippen LogP contribution is -2.19. The molecule has 13 aromatic carbocycles. The molecule has 410 valence electrons.